The van der Waals surface area contributed by atoms with Gasteiger partial charge in [0.1, 0.15) is 18.2 Å². The summed E-state index contributed by atoms with van der Waals surface area (Å²) in [7, 11) is 0. The summed E-state index contributed by atoms with van der Waals surface area (Å²) in [5, 5.41) is 3.45. The Morgan fingerprint density at radius 2 is 1.44 bits per heavy atom. The van der Waals surface area contributed by atoms with Gasteiger partial charge < -0.3 is 10.1 Å². The predicted octanol–water partition coefficient (Wildman–Crippen LogP) is 4.74. The summed E-state index contributed by atoms with van der Waals surface area (Å²) < 4.78 is 19.5. The van der Waals surface area contributed by atoms with Crippen LogP contribution in [0.5, 0.6) is 5.75 Å². The fraction of sp³-hybridized carbons (Fsp3) is 0.182. The average Bonchev–Trinajstić information content (AvgIpc) is 2.66. The largest absolute Gasteiger partial charge is 0.488 e. The summed E-state index contributed by atoms with van der Waals surface area (Å²) in [4.78, 5) is 0. The quantitative estimate of drug-likeness (QED) is 0.601. The van der Waals surface area contributed by atoms with Gasteiger partial charge in [-0.05, 0) is 30.7 Å². The van der Waals surface area contributed by atoms with Crippen LogP contribution in [0.3, 0.4) is 0 Å². The maximum Gasteiger partial charge on any atom is 0.129 e. The first-order chi connectivity index (χ1) is 12.3. The average molecular weight is 335 g/mol. The molecule has 0 aliphatic carbocycles. The minimum Gasteiger partial charge on any atom is -0.488 e. The number of hydrogen-bond acceptors (Lipinski definition) is 2. The highest BCUT2D eigenvalue weighted by Crippen LogP contribution is 2.20. The van der Waals surface area contributed by atoms with Gasteiger partial charge in [-0.3, -0.25) is 0 Å². The van der Waals surface area contributed by atoms with Crippen LogP contribution in [0.2, 0.25) is 0 Å². The second kappa shape index (κ2) is 9.00. The van der Waals surface area contributed by atoms with Gasteiger partial charge in [0, 0.05) is 17.7 Å². The Morgan fingerprint density at radius 3 is 2.24 bits per heavy atom. The molecule has 128 valence electrons. The van der Waals surface area contributed by atoms with Crippen molar-refractivity contribution < 1.29 is 9.13 Å². The summed E-state index contributed by atoms with van der Waals surface area (Å²) in [5.74, 6) is 0.555. The van der Waals surface area contributed by atoms with E-state index in [1.165, 1.54) is 11.6 Å². The van der Waals surface area contributed by atoms with Crippen LogP contribution in [0.25, 0.3) is 0 Å². The lowest BCUT2D eigenvalue weighted by Gasteiger charge is -2.12. The summed E-state index contributed by atoms with van der Waals surface area (Å²) in [6.07, 6.45) is 0.985. The van der Waals surface area contributed by atoms with E-state index in [1.54, 1.807) is 12.1 Å². The molecule has 2 nitrogen and oxygen atoms in total. The van der Waals surface area contributed by atoms with Crippen molar-refractivity contribution >= 4 is 0 Å². The fourth-order valence-electron chi connectivity index (χ4n) is 2.66. The first-order valence-electron chi connectivity index (χ1n) is 8.51. The number of ether oxygens (including phenoxy) is 1. The summed E-state index contributed by atoms with van der Waals surface area (Å²) in [6.45, 7) is 1.85. The molecule has 0 radical (unpaired) electrons. The summed E-state index contributed by atoms with van der Waals surface area (Å²) in [6, 6.07) is 25.0. The molecule has 1 N–H and O–H groups in total. The standard InChI is InChI=1S/C22H22FNO/c23-21-12-6-4-11-20(21)17-25-22-13-7-5-10-19(22)16-24-15-14-18-8-2-1-3-9-18/h1-13,24H,14-17H2. The molecule has 0 aliphatic heterocycles. The number of hydrogen-bond donors (Lipinski definition) is 1. The lowest BCUT2D eigenvalue weighted by Crippen LogP contribution is -2.17. The Bertz CT molecular complexity index is 789. The SMILES string of the molecule is Fc1ccccc1COc1ccccc1CNCCc1ccccc1. The van der Waals surface area contributed by atoms with Crippen molar-refractivity contribution in [3.8, 4) is 5.75 Å². The molecule has 3 heteroatoms. The third kappa shape index (κ3) is 5.16. The molecule has 3 rings (SSSR count). The molecular weight excluding hydrogens is 313 g/mol. The minimum atomic E-state index is -0.235. The van der Waals surface area contributed by atoms with Crippen LogP contribution >= 0.6 is 0 Å². The van der Waals surface area contributed by atoms with Crippen LogP contribution in [-0.2, 0) is 19.6 Å². The molecule has 0 amide bonds. The Kier molecular flexibility index (Phi) is 6.18. The molecule has 0 unspecified atom stereocenters. The molecule has 0 bridgehead atoms. The normalized spacial score (nSPS) is 10.6. The van der Waals surface area contributed by atoms with Crippen LogP contribution in [0.4, 0.5) is 4.39 Å². The Hall–Kier alpha value is -2.65. The van der Waals surface area contributed by atoms with E-state index in [-0.39, 0.29) is 12.4 Å². The topological polar surface area (TPSA) is 21.3 Å². The second-order valence-electron chi connectivity index (χ2n) is 5.90. The molecule has 3 aromatic carbocycles. The third-order valence-electron chi connectivity index (χ3n) is 4.06. The molecular formula is C22H22FNO. The Labute approximate surface area is 148 Å². The van der Waals surface area contributed by atoms with Crippen LogP contribution in [-0.4, -0.2) is 6.54 Å². The molecule has 0 heterocycles. The number of halogens is 1. The highest BCUT2D eigenvalue weighted by atomic mass is 19.1. The van der Waals surface area contributed by atoms with Crippen molar-refractivity contribution in [2.75, 3.05) is 6.54 Å². The van der Waals surface area contributed by atoms with E-state index in [1.807, 2.05) is 36.4 Å². The van der Waals surface area contributed by atoms with Crippen LogP contribution < -0.4 is 10.1 Å². The van der Waals surface area contributed by atoms with Crippen molar-refractivity contribution in [2.45, 2.75) is 19.6 Å². The third-order valence-corrected chi connectivity index (χ3v) is 4.06. The molecule has 0 aliphatic rings. The van der Waals surface area contributed by atoms with Gasteiger partial charge in [0.25, 0.3) is 0 Å². The van der Waals surface area contributed by atoms with Crippen molar-refractivity contribution in [1.29, 1.82) is 0 Å². The molecule has 0 aromatic heterocycles. The summed E-state index contributed by atoms with van der Waals surface area (Å²) in [5.41, 5.74) is 2.96. The molecule has 0 fully saturated rings. The molecule has 0 saturated carbocycles. The minimum absolute atomic E-state index is 0.230. The number of benzene rings is 3. The van der Waals surface area contributed by atoms with Crippen molar-refractivity contribution in [3.63, 3.8) is 0 Å². The van der Waals surface area contributed by atoms with E-state index in [0.717, 1.165) is 30.8 Å². The first kappa shape index (κ1) is 17.2. The Balaban J connectivity index is 1.53. The van der Waals surface area contributed by atoms with E-state index < -0.39 is 0 Å². The maximum absolute atomic E-state index is 13.7. The van der Waals surface area contributed by atoms with Gasteiger partial charge in [-0.2, -0.15) is 0 Å². The van der Waals surface area contributed by atoms with Crippen molar-refractivity contribution in [3.05, 3.63) is 101 Å². The van der Waals surface area contributed by atoms with Gasteiger partial charge in [0.05, 0.1) is 0 Å². The number of rotatable bonds is 8. The zero-order valence-corrected chi connectivity index (χ0v) is 14.1. The summed E-state index contributed by atoms with van der Waals surface area (Å²) >= 11 is 0. The van der Waals surface area contributed by atoms with Crippen LogP contribution in [0.15, 0.2) is 78.9 Å². The zero-order chi connectivity index (χ0) is 17.3. The van der Waals surface area contributed by atoms with Gasteiger partial charge >= 0.3 is 0 Å². The predicted molar refractivity (Wildman–Crippen MR) is 99.0 cm³/mol. The molecule has 3 aromatic rings. The van der Waals surface area contributed by atoms with E-state index in [4.69, 9.17) is 4.74 Å². The van der Waals surface area contributed by atoms with Gasteiger partial charge in [0.15, 0.2) is 0 Å². The van der Waals surface area contributed by atoms with E-state index >= 15 is 0 Å². The van der Waals surface area contributed by atoms with E-state index in [2.05, 4.69) is 29.6 Å². The maximum atomic E-state index is 13.7. The van der Waals surface area contributed by atoms with Crippen LogP contribution in [0, 0.1) is 5.82 Å². The Morgan fingerprint density at radius 1 is 0.760 bits per heavy atom. The highest BCUT2D eigenvalue weighted by Gasteiger charge is 2.05. The van der Waals surface area contributed by atoms with Gasteiger partial charge in [-0.15, -0.1) is 0 Å². The fourth-order valence-corrected chi connectivity index (χ4v) is 2.66. The van der Waals surface area contributed by atoms with Crippen LogP contribution in [0.1, 0.15) is 16.7 Å². The van der Waals surface area contributed by atoms with E-state index in [9.17, 15) is 4.39 Å². The van der Waals surface area contributed by atoms with Crippen molar-refractivity contribution in [1.82, 2.24) is 5.32 Å². The molecule has 0 saturated heterocycles. The molecule has 25 heavy (non-hydrogen) atoms. The van der Waals surface area contributed by atoms with Gasteiger partial charge in [-0.1, -0.05) is 66.7 Å². The highest BCUT2D eigenvalue weighted by molar-refractivity contribution is 5.33. The number of para-hydroxylation sites is 1. The zero-order valence-electron chi connectivity index (χ0n) is 14.1. The molecule has 0 spiro atoms. The van der Waals surface area contributed by atoms with Crippen molar-refractivity contribution in [2.24, 2.45) is 0 Å². The van der Waals surface area contributed by atoms with Gasteiger partial charge in [-0.25, -0.2) is 4.39 Å². The monoisotopic (exact) mass is 335 g/mol. The van der Waals surface area contributed by atoms with E-state index in [0.29, 0.717) is 5.56 Å². The lowest BCUT2D eigenvalue weighted by molar-refractivity contribution is 0.296. The van der Waals surface area contributed by atoms with Gasteiger partial charge in [0.2, 0.25) is 0 Å². The lowest BCUT2D eigenvalue weighted by atomic mass is 10.1. The first-order valence-corrected chi connectivity index (χ1v) is 8.51. The number of nitrogens with one attached hydrogen (secondary N) is 1. The molecule has 0 atom stereocenters. The second-order valence-corrected chi connectivity index (χ2v) is 5.90. The smallest absolute Gasteiger partial charge is 0.129 e.